The van der Waals surface area contributed by atoms with Crippen molar-refractivity contribution in [3.8, 4) is 5.75 Å². The first kappa shape index (κ1) is 21.4. The maximum absolute atomic E-state index is 12.8. The average Bonchev–Trinajstić information content (AvgIpc) is 3.19. The second-order valence-corrected chi connectivity index (χ2v) is 8.52. The van der Waals surface area contributed by atoms with Crippen LogP contribution in [0.3, 0.4) is 0 Å². The fourth-order valence-corrected chi connectivity index (χ4v) is 4.65. The van der Waals surface area contributed by atoms with Gasteiger partial charge in [0, 0.05) is 18.3 Å². The van der Waals surface area contributed by atoms with Gasteiger partial charge in [0.15, 0.2) is 0 Å². The zero-order chi connectivity index (χ0) is 23.1. The lowest BCUT2D eigenvalue weighted by Gasteiger charge is -2.12. The fraction of sp³-hybridized carbons (Fsp3) is 0.100. The molecular weight excluding hydrogens is 451 g/mol. The Morgan fingerprint density at radius 1 is 1.09 bits per heavy atom. The van der Waals surface area contributed by atoms with Crippen molar-refractivity contribution < 1.29 is 35.9 Å². The third kappa shape index (κ3) is 4.17. The minimum absolute atomic E-state index is 0.0496. The summed E-state index contributed by atoms with van der Waals surface area (Å²) in [5, 5.41) is 5.01. The molecule has 2 N–H and O–H groups in total. The lowest BCUT2D eigenvalue weighted by atomic mass is 10.1. The number of carbonyl (C=O) groups is 2. The van der Waals surface area contributed by atoms with Crippen molar-refractivity contribution in [2.24, 2.45) is 0 Å². The topological polar surface area (TPSA) is 106 Å². The van der Waals surface area contributed by atoms with Crippen LogP contribution in [-0.4, -0.2) is 30.6 Å². The van der Waals surface area contributed by atoms with Gasteiger partial charge in [-0.3, -0.25) is 9.59 Å². The SMILES string of the molecule is O=C(NCc1cccc(OC(F)(F)F)c1)c1ccc2c(c1)NC(=O)c1cccn1S2(=O)=O. The second kappa shape index (κ2) is 7.71. The molecule has 8 nitrogen and oxygen atoms in total. The van der Waals surface area contributed by atoms with Crippen molar-refractivity contribution in [2.75, 3.05) is 5.32 Å². The van der Waals surface area contributed by atoms with E-state index in [1.54, 1.807) is 0 Å². The Morgan fingerprint density at radius 2 is 1.88 bits per heavy atom. The summed E-state index contributed by atoms with van der Waals surface area (Å²) in [6.07, 6.45) is -3.59. The predicted octanol–water partition coefficient (Wildman–Crippen LogP) is 3.12. The summed E-state index contributed by atoms with van der Waals surface area (Å²) in [6, 6.07) is 11.6. The van der Waals surface area contributed by atoms with Crippen molar-refractivity contribution in [3.63, 3.8) is 0 Å². The van der Waals surface area contributed by atoms with E-state index in [4.69, 9.17) is 0 Å². The minimum Gasteiger partial charge on any atom is -0.406 e. The standard InChI is InChI=1S/C20H14F3N3O5S/c21-20(22,23)31-14-4-1-3-12(9-14)11-24-18(27)13-6-7-17-15(10-13)25-19(28)16-5-2-8-26(16)32(17,29)30/h1-10H,11H2,(H,24,27)(H,25,28). The van der Waals surface area contributed by atoms with Gasteiger partial charge in [-0.2, -0.15) is 0 Å². The first-order valence-electron chi connectivity index (χ1n) is 9.06. The first-order chi connectivity index (χ1) is 15.0. The number of hydrogen-bond donors (Lipinski definition) is 2. The normalized spacial score (nSPS) is 14.5. The number of fused-ring (bicyclic) bond motifs is 2. The van der Waals surface area contributed by atoms with E-state index in [2.05, 4.69) is 15.4 Å². The lowest BCUT2D eigenvalue weighted by Crippen LogP contribution is -2.23. The van der Waals surface area contributed by atoms with Crippen molar-refractivity contribution in [1.82, 2.24) is 9.29 Å². The van der Waals surface area contributed by atoms with E-state index in [9.17, 15) is 31.2 Å². The molecule has 2 amide bonds. The van der Waals surface area contributed by atoms with Gasteiger partial charge < -0.3 is 15.4 Å². The zero-order valence-electron chi connectivity index (χ0n) is 16.0. The molecule has 166 valence electrons. The number of ether oxygens (including phenoxy) is 1. The Kier molecular flexibility index (Phi) is 5.17. The highest BCUT2D eigenvalue weighted by molar-refractivity contribution is 7.90. The Labute approximate surface area is 179 Å². The van der Waals surface area contributed by atoms with Gasteiger partial charge in [-0.25, -0.2) is 12.4 Å². The number of hydrogen-bond acceptors (Lipinski definition) is 5. The predicted molar refractivity (Wildman–Crippen MR) is 106 cm³/mol. The van der Waals surface area contributed by atoms with E-state index in [1.165, 1.54) is 48.7 Å². The van der Waals surface area contributed by atoms with Crippen LogP contribution >= 0.6 is 0 Å². The number of nitrogens with one attached hydrogen (secondary N) is 2. The molecule has 0 spiro atoms. The van der Waals surface area contributed by atoms with Gasteiger partial charge in [-0.05, 0) is 48.0 Å². The highest BCUT2D eigenvalue weighted by Crippen LogP contribution is 2.30. The number of benzene rings is 2. The van der Waals surface area contributed by atoms with Crippen LogP contribution in [0.2, 0.25) is 0 Å². The number of rotatable bonds is 4. The molecule has 1 aliphatic heterocycles. The molecule has 0 saturated heterocycles. The Hall–Kier alpha value is -3.80. The molecule has 0 fully saturated rings. The third-order valence-corrected chi connectivity index (χ3v) is 6.31. The van der Waals surface area contributed by atoms with Crippen LogP contribution in [0.5, 0.6) is 5.75 Å². The van der Waals surface area contributed by atoms with Crippen molar-refractivity contribution in [3.05, 3.63) is 77.6 Å². The molecule has 0 atom stereocenters. The molecule has 2 heterocycles. The molecule has 32 heavy (non-hydrogen) atoms. The lowest BCUT2D eigenvalue weighted by molar-refractivity contribution is -0.274. The Morgan fingerprint density at radius 3 is 2.62 bits per heavy atom. The van der Waals surface area contributed by atoms with Gasteiger partial charge >= 0.3 is 6.36 Å². The molecule has 0 bridgehead atoms. The molecule has 3 aromatic rings. The number of carbonyl (C=O) groups excluding carboxylic acids is 2. The minimum atomic E-state index is -4.84. The smallest absolute Gasteiger partial charge is 0.406 e. The summed E-state index contributed by atoms with van der Waals surface area (Å²) >= 11 is 0. The summed E-state index contributed by atoms with van der Waals surface area (Å²) in [7, 11) is -4.05. The summed E-state index contributed by atoms with van der Waals surface area (Å²) in [4.78, 5) is 24.7. The maximum atomic E-state index is 12.8. The average molecular weight is 465 g/mol. The third-order valence-electron chi connectivity index (χ3n) is 4.56. The van der Waals surface area contributed by atoms with E-state index < -0.39 is 33.9 Å². The molecule has 0 radical (unpaired) electrons. The van der Waals surface area contributed by atoms with E-state index in [1.807, 2.05) is 0 Å². The summed E-state index contributed by atoms with van der Waals surface area (Å²) in [5.41, 5.74) is 0.263. The summed E-state index contributed by atoms with van der Waals surface area (Å²) in [6.45, 7) is -0.110. The molecular formula is C20H14F3N3O5S. The van der Waals surface area contributed by atoms with E-state index >= 15 is 0 Å². The number of alkyl halides is 3. The van der Waals surface area contributed by atoms with E-state index in [-0.39, 0.29) is 28.4 Å². The quantitative estimate of drug-likeness (QED) is 0.616. The Balaban J connectivity index is 1.54. The molecule has 1 aliphatic rings. The maximum Gasteiger partial charge on any atom is 0.573 e. The highest BCUT2D eigenvalue weighted by atomic mass is 32.2. The number of anilines is 1. The van der Waals surface area contributed by atoms with Crippen molar-refractivity contribution >= 4 is 27.5 Å². The van der Waals surface area contributed by atoms with Gasteiger partial charge in [0.05, 0.1) is 5.69 Å². The Bertz CT molecular complexity index is 1330. The van der Waals surface area contributed by atoms with Gasteiger partial charge in [0.1, 0.15) is 16.3 Å². The molecule has 0 saturated carbocycles. The van der Waals surface area contributed by atoms with Crippen molar-refractivity contribution in [2.45, 2.75) is 17.8 Å². The number of halogens is 3. The van der Waals surface area contributed by atoms with Gasteiger partial charge in [0.25, 0.3) is 21.8 Å². The van der Waals surface area contributed by atoms with Gasteiger partial charge in [-0.1, -0.05) is 12.1 Å². The molecule has 12 heteroatoms. The number of aromatic nitrogens is 1. The van der Waals surface area contributed by atoms with E-state index in [0.717, 1.165) is 16.1 Å². The fourth-order valence-electron chi connectivity index (χ4n) is 3.17. The van der Waals surface area contributed by atoms with Crippen LogP contribution in [0.25, 0.3) is 0 Å². The van der Waals surface area contributed by atoms with Crippen molar-refractivity contribution in [1.29, 1.82) is 0 Å². The van der Waals surface area contributed by atoms with E-state index in [0.29, 0.717) is 5.56 Å². The van der Waals surface area contributed by atoms with Crippen LogP contribution < -0.4 is 15.4 Å². The van der Waals surface area contributed by atoms with Crippen LogP contribution in [-0.2, 0) is 16.6 Å². The highest BCUT2D eigenvalue weighted by Gasteiger charge is 2.31. The molecule has 2 aromatic carbocycles. The number of nitrogens with zero attached hydrogens (tertiary/aromatic N) is 1. The second-order valence-electron chi connectivity index (χ2n) is 6.74. The summed E-state index contributed by atoms with van der Waals surface area (Å²) < 4.78 is 67.4. The molecule has 4 rings (SSSR count). The first-order valence-corrected chi connectivity index (χ1v) is 10.5. The molecule has 0 aliphatic carbocycles. The van der Waals surface area contributed by atoms with Crippen LogP contribution in [0.15, 0.2) is 65.7 Å². The largest absolute Gasteiger partial charge is 0.573 e. The number of amides is 2. The van der Waals surface area contributed by atoms with Crippen LogP contribution in [0.4, 0.5) is 18.9 Å². The van der Waals surface area contributed by atoms with Crippen LogP contribution in [0.1, 0.15) is 26.4 Å². The molecule has 0 unspecified atom stereocenters. The van der Waals surface area contributed by atoms with Gasteiger partial charge in [-0.15, -0.1) is 13.2 Å². The van der Waals surface area contributed by atoms with Gasteiger partial charge in [0.2, 0.25) is 0 Å². The monoisotopic (exact) mass is 465 g/mol. The van der Waals surface area contributed by atoms with Crippen LogP contribution in [0, 0.1) is 0 Å². The summed E-state index contributed by atoms with van der Waals surface area (Å²) in [5.74, 6) is -1.70. The zero-order valence-corrected chi connectivity index (χ0v) is 16.8. The molecule has 1 aromatic heterocycles.